The van der Waals surface area contributed by atoms with Crippen LogP contribution in [0.25, 0.3) is 10.2 Å². The number of pyridine rings is 1. The molecule has 2 amide bonds. The molecule has 0 N–H and O–H groups in total. The molecule has 236 valence electrons. The number of hydrogen-bond acceptors (Lipinski definition) is 6. The van der Waals surface area contributed by atoms with Gasteiger partial charge in [-0.3, -0.25) is 9.69 Å². The van der Waals surface area contributed by atoms with Gasteiger partial charge >= 0.3 is 18.4 Å². The number of carbonyl (C=O) groups is 2. The summed E-state index contributed by atoms with van der Waals surface area (Å²) in [5.74, 6) is -1.06. The molecule has 7 nitrogen and oxygen atoms in total. The fourth-order valence-corrected chi connectivity index (χ4v) is 8.16. The van der Waals surface area contributed by atoms with Crippen LogP contribution < -0.4 is 4.90 Å². The molecule has 2 aromatic heterocycles. The lowest BCUT2D eigenvalue weighted by Crippen LogP contribution is -2.76. The van der Waals surface area contributed by atoms with Gasteiger partial charge in [-0.25, -0.2) is 14.2 Å². The first-order valence-electron chi connectivity index (χ1n) is 14.1. The normalized spacial score (nSPS) is 27.0. The fourth-order valence-electron chi connectivity index (χ4n) is 7.13. The zero-order valence-corrected chi connectivity index (χ0v) is 24.5. The van der Waals surface area contributed by atoms with Crippen molar-refractivity contribution in [1.29, 1.82) is 0 Å². The number of alkyl halides is 7. The minimum Gasteiger partial charge on any atom is -0.444 e. The summed E-state index contributed by atoms with van der Waals surface area (Å²) in [6.07, 6.45) is -10.6. The van der Waals surface area contributed by atoms with Crippen LogP contribution >= 0.6 is 11.3 Å². The van der Waals surface area contributed by atoms with E-state index in [1.165, 1.54) is 14.7 Å². The molecule has 4 atom stereocenters. The maximum atomic E-state index is 15.0. The Balaban J connectivity index is 1.19. The van der Waals surface area contributed by atoms with Gasteiger partial charge in [0.15, 0.2) is 0 Å². The van der Waals surface area contributed by atoms with Crippen LogP contribution in [0.3, 0.4) is 0 Å². The smallest absolute Gasteiger partial charge is 0.419 e. The van der Waals surface area contributed by atoms with Gasteiger partial charge in [-0.05, 0) is 46.1 Å². The number of carbonyl (C=O) groups excluding carboxylic acids is 2. The van der Waals surface area contributed by atoms with Gasteiger partial charge in [-0.1, -0.05) is 0 Å². The van der Waals surface area contributed by atoms with Crippen molar-refractivity contribution >= 4 is 39.2 Å². The van der Waals surface area contributed by atoms with Crippen molar-refractivity contribution in [2.45, 2.75) is 82.7 Å². The van der Waals surface area contributed by atoms with Crippen LogP contribution in [-0.2, 0) is 22.1 Å². The number of thiophene rings is 1. The molecule has 15 heteroatoms. The van der Waals surface area contributed by atoms with Crippen molar-refractivity contribution in [1.82, 2.24) is 14.8 Å². The molecule has 1 aliphatic carbocycles. The van der Waals surface area contributed by atoms with Crippen LogP contribution in [0.15, 0.2) is 12.3 Å². The summed E-state index contributed by atoms with van der Waals surface area (Å²) >= 11 is 0.710. The Labute approximate surface area is 246 Å². The third-order valence-electron chi connectivity index (χ3n) is 8.75. The highest BCUT2D eigenvalue weighted by atomic mass is 32.1. The largest absolute Gasteiger partial charge is 0.444 e. The SMILES string of the molecule is CC(C)(C)OC(=O)N1[C@H]2CC[C@H]([C@@H](F)C2)[C@@H]1C(=O)N1CC2(C1)CN(c1c(C(F)(F)F)cnc3sc(CC(F)(F)F)cc13)C2. The number of amides is 2. The molecule has 2 bridgehead atoms. The molecule has 5 fully saturated rings. The van der Waals surface area contributed by atoms with Crippen molar-refractivity contribution < 1.29 is 45.1 Å². The van der Waals surface area contributed by atoms with Crippen molar-refractivity contribution in [3.05, 3.63) is 22.7 Å². The molecule has 0 radical (unpaired) electrons. The maximum absolute atomic E-state index is 15.0. The second-order valence-electron chi connectivity index (χ2n) is 13.3. The van der Waals surface area contributed by atoms with Crippen LogP contribution in [0.4, 0.5) is 41.2 Å². The molecule has 6 heterocycles. The summed E-state index contributed by atoms with van der Waals surface area (Å²) in [6.45, 7) is 5.86. The van der Waals surface area contributed by atoms with Crippen LogP contribution in [-0.4, -0.2) is 83.0 Å². The second kappa shape index (κ2) is 9.83. The zero-order valence-electron chi connectivity index (χ0n) is 23.7. The summed E-state index contributed by atoms with van der Waals surface area (Å²) in [4.78, 5) is 34.9. The predicted molar refractivity (Wildman–Crippen MR) is 143 cm³/mol. The number of halogens is 7. The maximum Gasteiger partial charge on any atom is 0.419 e. The third-order valence-corrected chi connectivity index (χ3v) is 9.79. The lowest BCUT2D eigenvalue weighted by molar-refractivity contribution is -0.163. The molecule has 2 aromatic rings. The van der Waals surface area contributed by atoms with Gasteiger partial charge in [0.05, 0.1) is 17.7 Å². The number of nitrogens with zero attached hydrogens (tertiary/aromatic N) is 4. The van der Waals surface area contributed by atoms with E-state index >= 15 is 0 Å². The molecule has 4 saturated heterocycles. The molecular formula is C28H31F7N4O3S. The second-order valence-corrected chi connectivity index (χ2v) is 14.4. The van der Waals surface area contributed by atoms with E-state index in [0.717, 1.165) is 6.07 Å². The standard InChI is InChI=1S/C28H31F7N4O3S/c1-25(2,3)42-24(41)39-14-4-5-16(19(29)6-14)21(39)23(40)38-12-26(13-38)10-37(11-26)20-17-7-15(8-27(30,31)32)43-22(17)36-9-18(20)28(33,34)35/h7,9,14,16,19,21H,4-6,8,10-13H2,1-3H3/t14-,16+,19-,21+/m0/s1. The van der Waals surface area contributed by atoms with Crippen LogP contribution in [0.5, 0.6) is 0 Å². The molecule has 1 spiro atoms. The topological polar surface area (TPSA) is 66.0 Å². The number of fused-ring (bicyclic) bond motifs is 4. The summed E-state index contributed by atoms with van der Waals surface area (Å²) in [6, 6.07) is -0.343. The Morgan fingerprint density at radius 2 is 1.74 bits per heavy atom. The average molecular weight is 637 g/mol. The number of piperidine rings is 2. The van der Waals surface area contributed by atoms with Gasteiger partial charge in [0.2, 0.25) is 5.91 Å². The molecule has 7 rings (SSSR count). The number of ether oxygens (including phenoxy) is 1. The van der Waals surface area contributed by atoms with E-state index in [2.05, 4.69) is 4.98 Å². The van der Waals surface area contributed by atoms with Crippen LogP contribution in [0, 0.1) is 11.3 Å². The van der Waals surface area contributed by atoms with Gasteiger partial charge in [0.1, 0.15) is 22.6 Å². The molecule has 0 aromatic carbocycles. The van der Waals surface area contributed by atoms with Gasteiger partial charge in [-0.2, -0.15) is 26.3 Å². The Hall–Kier alpha value is -2.84. The van der Waals surface area contributed by atoms with E-state index in [4.69, 9.17) is 4.74 Å². The summed E-state index contributed by atoms with van der Waals surface area (Å²) in [5, 5.41) is 0.0152. The summed E-state index contributed by atoms with van der Waals surface area (Å²) in [7, 11) is 0. The van der Waals surface area contributed by atoms with Crippen molar-refractivity contribution in [3.63, 3.8) is 0 Å². The molecule has 43 heavy (non-hydrogen) atoms. The van der Waals surface area contributed by atoms with Gasteiger partial charge in [0, 0.05) is 60.0 Å². The number of rotatable bonds is 3. The quantitative estimate of drug-likeness (QED) is 0.376. The number of hydrogen-bond donors (Lipinski definition) is 0. The van der Waals surface area contributed by atoms with Crippen molar-refractivity contribution in [3.8, 4) is 0 Å². The van der Waals surface area contributed by atoms with E-state index in [1.54, 1.807) is 20.8 Å². The average Bonchev–Trinajstić information content (AvgIpc) is 3.20. The molecular weight excluding hydrogens is 605 g/mol. The van der Waals surface area contributed by atoms with Gasteiger partial charge < -0.3 is 14.5 Å². The van der Waals surface area contributed by atoms with E-state index in [0.29, 0.717) is 30.4 Å². The first-order chi connectivity index (χ1) is 19.8. The third kappa shape index (κ3) is 5.50. The predicted octanol–water partition coefficient (Wildman–Crippen LogP) is 6.19. The number of anilines is 1. The van der Waals surface area contributed by atoms with E-state index < -0.39 is 71.5 Å². The van der Waals surface area contributed by atoms with E-state index in [1.807, 2.05) is 0 Å². The molecule has 5 aliphatic rings. The molecule has 4 aliphatic heterocycles. The van der Waals surface area contributed by atoms with E-state index in [-0.39, 0.29) is 53.4 Å². The zero-order chi connectivity index (χ0) is 31.3. The molecule has 0 unspecified atom stereocenters. The van der Waals surface area contributed by atoms with E-state index in [9.17, 15) is 40.3 Å². The first kappa shape index (κ1) is 30.2. The van der Waals surface area contributed by atoms with Crippen LogP contribution in [0.1, 0.15) is 50.5 Å². The molecule has 1 saturated carbocycles. The minimum atomic E-state index is -4.78. The monoisotopic (exact) mass is 636 g/mol. The number of aromatic nitrogens is 1. The highest BCUT2D eigenvalue weighted by molar-refractivity contribution is 7.18. The highest BCUT2D eigenvalue weighted by Crippen LogP contribution is 2.50. The van der Waals surface area contributed by atoms with Crippen molar-refractivity contribution in [2.75, 3.05) is 31.1 Å². The lowest BCUT2D eigenvalue weighted by atomic mass is 9.69. The van der Waals surface area contributed by atoms with Gasteiger partial charge in [0.25, 0.3) is 0 Å². The lowest BCUT2D eigenvalue weighted by Gasteiger charge is -2.62. The Morgan fingerprint density at radius 1 is 1.07 bits per heavy atom. The minimum absolute atomic E-state index is 0.0152. The van der Waals surface area contributed by atoms with Gasteiger partial charge in [-0.15, -0.1) is 11.3 Å². The van der Waals surface area contributed by atoms with Crippen LogP contribution in [0.2, 0.25) is 0 Å². The number of likely N-dealkylation sites (tertiary alicyclic amines) is 1. The Morgan fingerprint density at radius 3 is 2.33 bits per heavy atom. The van der Waals surface area contributed by atoms with Crippen molar-refractivity contribution in [2.24, 2.45) is 11.3 Å². The Bertz CT molecular complexity index is 1440. The summed E-state index contributed by atoms with van der Waals surface area (Å²) < 4.78 is 101. The Kier molecular flexibility index (Phi) is 6.90. The first-order valence-corrected chi connectivity index (χ1v) is 14.9. The highest BCUT2D eigenvalue weighted by Gasteiger charge is 2.59. The fraction of sp³-hybridized carbons (Fsp3) is 0.679. The summed E-state index contributed by atoms with van der Waals surface area (Å²) in [5.41, 5.74) is -2.56.